The summed E-state index contributed by atoms with van der Waals surface area (Å²) in [7, 11) is 0. The molecule has 74 valence electrons. The van der Waals surface area contributed by atoms with E-state index in [-0.39, 0.29) is 11.9 Å². The van der Waals surface area contributed by atoms with Gasteiger partial charge in [-0.3, -0.25) is 4.79 Å². The van der Waals surface area contributed by atoms with Gasteiger partial charge < -0.3 is 4.74 Å². The van der Waals surface area contributed by atoms with Gasteiger partial charge in [0.1, 0.15) is 12.3 Å². The van der Waals surface area contributed by atoms with Crippen molar-refractivity contribution < 1.29 is 13.9 Å². The molecule has 0 amide bonds. The summed E-state index contributed by atoms with van der Waals surface area (Å²) < 4.78 is 18.2. The van der Waals surface area contributed by atoms with Crippen molar-refractivity contribution in [1.82, 2.24) is 0 Å². The second-order valence-corrected chi connectivity index (χ2v) is 4.24. The Morgan fingerprint density at radius 2 is 2.15 bits per heavy atom. The van der Waals surface area contributed by atoms with Gasteiger partial charge in [0.25, 0.3) is 0 Å². The molecule has 4 atom stereocenters. The zero-order valence-corrected chi connectivity index (χ0v) is 7.83. The number of hydrogen-bond donors (Lipinski definition) is 0. The van der Waals surface area contributed by atoms with Crippen LogP contribution in [-0.2, 0) is 9.53 Å². The molecule has 2 nitrogen and oxygen atoms in total. The van der Waals surface area contributed by atoms with E-state index in [1.165, 1.54) is 0 Å². The van der Waals surface area contributed by atoms with Crippen LogP contribution >= 0.6 is 0 Å². The minimum absolute atomic E-state index is 0.0628. The Morgan fingerprint density at radius 1 is 1.46 bits per heavy atom. The summed E-state index contributed by atoms with van der Waals surface area (Å²) >= 11 is 0. The molecule has 0 bridgehead atoms. The largest absolute Gasteiger partial charge is 0.459 e. The molecule has 0 N–H and O–H groups in total. The molecular weight excluding hydrogens is 171 g/mol. The van der Waals surface area contributed by atoms with Gasteiger partial charge in [0.05, 0.1) is 5.92 Å². The van der Waals surface area contributed by atoms with Crippen molar-refractivity contribution in [3.8, 4) is 0 Å². The molecule has 0 aliphatic heterocycles. The fourth-order valence-electron chi connectivity index (χ4n) is 1.90. The summed E-state index contributed by atoms with van der Waals surface area (Å²) in [5, 5.41) is 0. The van der Waals surface area contributed by atoms with E-state index >= 15 is 0 Å². The third-order valence-corrected chi connectivity index (χ3v) is 3.05. The summed E-state index contributed by atoms with van der Waals surface area (Å²) in [4.78, 5) is 11.3. The van der Waals surface area contributed by atoms with Crippen molar-refractivity contribution in [2.24, 2.45) is 11.8 Å². The number of alkyl halides is 1. The number of halogens is 1. The minimum atomic E-state index is -0.919. The van der Waals surface area contributed by atoms with Crippen LogP contribution in [0.1, 0.15) is 32.6 Å². The van der Waals surface area contributed by atoms with Crippen LogP contribution in [-0.4, -0.2) is 18.2 Å². The maximum Gasteiger partial charge on any atom is 0.309 e. The second kappa shape index (κ2) is 3.28. The summed E-state index contributed by atoms with van der Waals surface area (Å²) in [5.41, 5.74) is 0. The Kier molecular flexibility index (Phi) is 2.26. The Balaban J connectivity index is 1.80. The molecule has 0 radical (unpaired) electrons. The lowest BCUT2D eigenvalue weighted by Gasteiger charge is -2.13. The Morgan fingerprint density at radius 3 is 2.62 bits per heavy atom. The molecule has 2 aliphatic carbocycles. The molecule has 0 unspecified atom stereocenters. The second-order valence-electron chi connectivity index (χ2n) is 4.24. The van der Waals surface area contributed by atoms with Gasteiger partial charge in [-0.2, -0.15) is 0 Å². The molecule has 0 heterocycles. The van der Waals surface area contributed by atoms with Gasteiger partial charge in [-0.25, -0.2) is 4.39 Å². The van der Waals surface area contributed by atoms with E-state index in [0.29, 0.717) is 18.8 Å². The van der Waals surface area contributed by atoms with Crippen LogP contribution < -0.4 is 0 Å². The van der Waals surface area contributed by atoms with E-state index in [1.54, 1.807) is 0 Å². The zero-order valence-electron chi connectivity index (χ0n) is 7.83. The topological polar surface area (TPSA) is 26.3 Å². The first-order valence-corrected chi connectivity index (χ1v) is 5.03. The normalized spacial score (nSPS) is 43.2. The van der Waals surface area contributed by atoms with E-state index < -0.39 is 12.3 Å². The predicted molar refractivity (Wildman–Crippen MR) is 45.9 cm³/mol. The number of ether oxygens (including phenoxy) is 1. The van der Waals surface area contributed by atoms with E-state index in [1.807, 2.05) is 6.92 Å². The molecule has 0 spiro atoms. The van der Waals surface area contributed by atoms with Crippen LogP contribution in [0.3, 0.4) is 0 Å². The third kappa shape index (κ3) is 1.84. The molecule has 2 saturated carbocycles. The molecule has 0 aromatic heterocycles. The molecule has 0 saturated heterocycles. The highest BCUT2D eigenvalue weighted by molar-refractivity contribution is 5.75. The van der Waals surface area contributed by atoms with Crippen molar-refractivity contribution in [2.75, 3.05) is 0 Å². The number of esters is 1. The number of carbonyl (C=O) groups excluding carboxylic acids is 1. The highest BCUT2D eigenvalue weighted by atomic mass is 19.1. The Bertz CT molecular complexity index is 217. The highest BCUT2D eigenvalue weighted by Gasteiger charge is 2.42. The average Bonchev–Trinajstić information content (AvgIpc) is 2.68. The van der Waals surface area contributed by atoms with Crippen molar-refractivity contribution in [3.05, 3.63) is 0 Å². The van der Waals surface area contributed by atoms with E-state index in [9.17, 15) is 9.18 Å². The quantitative estimate of drug-likeness (QED) is 0.617. The van der Waals surface area contributed by atoms with Crippen molar-refractivity contribution in [1.29, 1.82) is 0 Å². The molecule has 0 aromatic rings. The molecular formula is C10H15FO2. The van der Waals surface area contributed by atoms with Crippen LogP contribution in [0.4, 0.5) is 4.39 Å². The van der Waals surface area contributed by atoms with Crippen LogP contribution in [0, 0.1) is 11.8 Å². The van der Waals surface area contributed by atoms with E-state index in [0.717, 1.165) is 12.8 Å². The van der Waals surface area contributed by atoms with Crippen LogP contribution in [0.2, 0.25) is 0 Å². The fourth-order valence-corrected chi connectivity index (χ4v) is 1.90. The maximum absolute atomic E-state index is 13.1. The van der Waals surface area contributed by atoms with Gasteiger partial charge in [-0.15, -0.1) is 0 Å². The number of carbonyl (C=O) groups is 1. The summed E-state index contributed by atoms with van der Waals surface area (Å²) in [6.45, 7) is 2.02. The van der Waals surface area contributed by atoms with Gasteiger partial charge in [0.2, 0.25) is 0 Å². The molecule has 0 aromatic carbocycles. The highest BCUT2D eigenvalue weighted by Crippen LogP contribution is 2.39. The lowest BCUT2D eigenvalue weighted by molar-refractivity contribution is -0.153. The first-order valence-electron chi connectivity index (χ1n) is 5.03. The van der Waals surface area contributed by atoms with Crippen molar-refractivity contribution >= 4 is 5.97 Å². The maximum atomic E-state index is 13.1. The monoisotopic (exact) mass is 186 g/mol. The Labute approximate surface area is 77.5 Å². The van der Waals surface area contributed by atoms with Gasteiger partial charge in [0, 0.05) is 0 Å². The van der Waals surface area contributed by atoms with E-state index in [4.69, 9.17) is 4.74 Å². The summed E-state index contributed by atoms with van der Waals surface area (Å²) in [6.07, 6.45) is 1.66. The van der Waals surface area contributed by atoms with Crippen LogP contribution in [0.25, 0.3) is 0 Å². The van der Waals surface area contributed by atoms with Gasteiger partial charge in [0.15, 0.2) is 0 Å². The molecule has 13 heavy (non-hydrogen) atoms. The number of hydrogen-bond acceptors (Lipinski definition) is 2. The van der Waals surface area contributed by atoms with Crippen LogP contribution in [0.15, 0.2) is 0 Å². The molecule has 3 heteroatoms. The first-order chi connectivity index (χ1) is 6.18. The summed E-state index contributed by atoms with van der Waals surface area (Å²) in [6, 6.07) is 0. The van der Waals surface area contributed by atoms with E-state index in [2.05, 4.69) is 0 Å². The Hall–Kier alpha value is -0.600. The van der Waals surface area contributed by atoms with Gasteiger partial charge in [-0.05, 0) is 31.6 Å². The van der Waals surface area contributed by atoms with Crippen molar-refractivity contribution in [3.63, 3.8) is 0 Å². The minimum Gasteiger partial charge on any atom is -0.459 e. The number of rotatable bonds is 2. The lowest BCUT2D eigenvalue weighted by Crippen LogP contribution is -2.24. The summed E-state index contributed by atoms with van der Waals surface area (Å²) in [5.74, 6) is 0.335. The standard InChI is InChI=1S/C10H15FO2/c1-6-5-7(6)10(12)13-9-4-2-3-8(9)11/h6-9H,2-5H2,1H3/t6-,7-,8+,9+/m1/s1. The zero-order chi connectivity index (χ0) is 9.42. The molecule has 2 fully saturated rings. The van der Waals surface area contributed by atoms with Gasteiger partial charge >= 0.3 is 5.97 Å². The SMILES string of the molecule is C[C@@H]1C[C@H]1C(=O)O[C@H]1CCC[C@@H]1F. The first kappa shape index (κ1) is 8.97. The lowest BCUT2D eigenvalue weighted by atomic mass is 10.3. The van der Waals surface area contributed by atoms with Crippen LogP contribution in [0.5, 0.6) is 0 Å². The molecule has 2 aliphatic rings. The smallest absolute Gasteiger partial charge is 0.309 e. The molecule has 2 rings (SSSR count). The average molecular weight is 186 g/mol. The van der Waals surface area contributed by atoms with Gasteiger partial charge in [-0.1, -0.05) is 6.92 Å². The van der Waals surface area contributed by atoms with Crippen molar-refractivity contribution in [2.45, 2.75) is 44.9 Å². The predicted octanol–water partition coefficient (Wildman–Crippen LogP) is 2.08. The third-order valence-electron chi connectivity index (χ3n) is 3.05. The fraction of sp³-hybridized carbons (Fsp3) is 0.900.